The van der Waals surface area contributed by atoms with Crippen molar-refractivity contribution in [3.8, 4) is 0 Å². The maximum atomic E-state index is 5.69. The van der Waals surface area contributed by atoms with Crippen molar-refractivity contribution in [3.05, 3.63) is 12.2 Å². The van der Waals surface area contributed by atoms with Gasteiger partial charge in [0, 0.05) is 0 Å². The van der Waals surface area contributed by atoms with Gasteiger partial charge >= 0.3 is 8.60 Å². The van der Waals surface area contributed by atoms with Crippen molar-refractivity contribution in [3.63, 3.8) is 0 Å². The lowest BCUT2D eigenvalue weighted by Crippen LogP contribution is -1.95. The van der Waals surface area contributed by atoms with Gasteiger partial charge in [-0.25, -0.2) is 0 Å². The fourth-order valence-corrected chi connectivity index (χ4v) is 4.14. The lowest BCUT2D eigenvalue weighted by molar-refractivity contribution is 0.180. The van der Waals surface area contributed by atoms with E-state index in [9.17, 15) is 0 Å². The average Bonchev–Trinajstić information content (AvgIpc) is 2.93. The van der Waals surface area contributed by atoms with E-state index in [0.29, 0.717) is 0 Å². The molecule has 1 rings (SSSR count). The van der Waals surface area contributed by atoms with Crippen LogP contribution in [0.2, 0.25) is 0 Å². The van der Waals surface area contributed by atoms with Gasteiger partial charge in [0.05, 0.1) is 19.8 Å². The molecule has 0 N–H and O–H groups in total. The molecule has 0 amide bonds. The lowest BCUT2D eigenvalue weighted by Gasteiger charge is -2.13. The van der Waals surface area contributed by atoms with Crippen LogP contribution in [0, 0.1) is 0 Å². The third-order valence-electron chi connectivity index (χ3n) is 4.78. The Kier molecular flexibility index (Phi) is 18.3. The zero-order chi connectivity index (χ0) is 18.5. The van der Waals surface area contributed by atoms with E-state index in [4.69, 9.17) is 13.6 Å². The maximum Gasteiger partial charge on any atom is 0.332 e. The van der Waals surface area contributed by atoms with Gasteiger partial charge in [0.15, 0.2) is 0 Å². The second-order valence-electron chi connectivity index (χ2n) is 7.37. The smallest absolute Gasteiger partial charge is 0.312 e. The summed E-state index contributed by atoms with van der Waals surface area (Å²) < 4.78 is 16.8. The fraction of sp³-hybridized carbons (Fsp3) is 0.909. The topological polar surface area (TPSA) is 27.7 Å². The first-order valence-corrected chi connectivity index (χ1v) is 12.4. The molecule has 154 valence electrons. The lowest BCUT2D eigenvalue weighted by atomic mass is 10.1. The van der Waals surface area contributed by atoms with Crippen LogP contribution in [-0.4, -0.2) is 19.8 Å². The van der Waals surface area contributed by atoms with E-state index >= 15 is 0 Å². The summed E-state index contributed by atoms with van der Waals surface area (Å²) in [7, 11) is -1.05. The molecule has 0 atom stereocenters. The van der Waals surface area contributed by atoms with Gasteiger partial charge in [0.1, 0.15) is 0 Å². The molecule has 0 aromatic carbocycles. The predicted molar refractivity (Wildman–Crippen MR) is 113 cm³/mol. The molecular formula is C22H43O3P. The van der Waals surface area contributed by atoms with Crippen LogP contribution in [-0.2, 0) is 13.6 Å². The second kappa shape index (κ2) is 19.8. The van der Waals surface area contributed by atoms with Crippen molar-refractivity contribution >= 4 is 8.60 Å². The molecule has 1 aliphatic rings. The minimum atomic E-state index is -1.05. The number of hydrogen-bond donors (Lipinski definition) is 0. The molecule has 1 saturated heterocycles. The predicted octanol–water partition coefficient (Wildman–Crippen LogP) is 8.09. The standard InChI is InChI=1S/C22H43O3P/c1-2-3-4-5-6-7-8-9-10-11-12-13-14-15-16-17-20-23-26-24-21-18-19-22-25-26/h9-10H,2-8,11-22H2,1H3. The Bertz CT molecular complexity index is 302. The average molecular weight is 387 g/mol. The van der Waals surface area contributed by atoms with Crippen LogP contribution in [0.3, 0.4) is 0 Å². The van der Waals surface area contributed by atoms with Crippen LogP contribution >= 0.6 is 8.60 Å². The molecule has 0 radical (unpaired) electrons. The maximum absolute atomic E-state index is 5.69. The van der Waals surface area contributed by atoms with Gasteiger partial charge in [-0.05, 0) is 44.9 Å². The molecule has 1 aliphatic heterocycles. The number of unbranched alkanes of at least 4 members (excludes halogenated alkanes) is 12. The first-order chi connectivity index (χ1) is 12.9. The normalized spacial score (nSPS) is 16.3. The highest BCUT2D eigenvalue weighted by atomic mass is 31.2. The Labute approximate surface area is 164 Å². The molecular weight excluding hydrogens is 343 g/mol. The van der Waals surface area contributed by atoms with Crippen molar-refractivity contribution < 1.29 is 13.6 Å². The molecule has 0 aromatic rings. The molecule has 0 spiro atoms. The molecule has 26 heavy (non-hydrogen) atoms. The van der Waals surface area contributed by atoms with Crippen LogP contribution in [0.25, 0.3) is 0 Å². The van der Waals surface area contributed by atoms with Crippen molar-refractivity contribution in [2.24, 2.45) is 0 Å². The van der Waals surface area contributed by atoms with E-state index in [1.54, 1.807) is 0 Å². The van der Waals surface area contributed by atoms with Crippen molar-refractivity contribution in [1.82, 2.24) is 0 Å². The Hall–Kier alpha value is 0.0500. The van der Waals surface area contributed by atoms with Gasteiger partial charge in [-0.2, -0.15) is 0 Å². The number of rotatable bonds is 17. The third-order valence-corrected chi connectivity index (χ3v) is 5.97. The zero-order valence-corrected chi connectivity index (χ0v) is 18.2. The molecule has 1 fully saturated rings. The summed E-state index contributed by atoms with van der Waals surface area (Å²) in [4.78, 5) is 0. The van der Waals surface area contributed by atoms with Gasteiger partial charge in [-0.1, -0.05) is 76.9 Å². The Morgan fingerprint density at radius 1 is 0.692 bits per heavy atom. The number of allylic oxidation sites excluding steroid dienone is 2. The van der Waals surface area contributed by atoms with E-state index in [-0.39, 0.29) is 0 Å². The van der Waals surface area contributed by atoms with E-state index in [2.05, 4.69) is 19.1 Å². The molecule has 1 heterocycles. The summed E-state index contributed by atoms with van der Waals surface area (Å²) in [5.74, 6) is 0. The summed E-state index contributed by atoms with van der Waals surface area (Å²) in [5.41, 5.74) is 0. The summed E-state index contributed by atoms with van der Waals surface area (Å²) in [6, 6.07) is 0. The van der Waals surface area contributed by atoms with Gasteiger partial charge in [-0.15, -0.1) is 0 Å². The number of hydrogen-bond acceptors (Lipinski definition) is 3. The van der Waals surface area contributed by atoms with Crippen LogP contribution < -0.4 is 0 Å². The molecule has 0 unspecified atom stereocenters. The van der Waals surface area contributed by atoms with Crippen LogP contribution in [0.4, 0.5) is 0 Å². The van der Waals surface area contributed by atoms with Gasteiger partial charge in [0.2, 0.25) is 0 Å². The fourth-order valence-electron chi connectivity index (χ4n) is 3.08. The zero-order valence-electron chi connectivity index (χ0n) is 17.3. The Morgan fingerprint density at radius 3 is 1.77 bits per heavy atom. The van der Waals surface area contributed by atoms with E-state index in [0.717, 1.165) is 39.1 Å². The highest BCUT2D eigenvalue weighted by Crippen LogP contribution is 2.41. The summed E-state index contributed by atoms with van der Waals surface area (Å²) in [6.45, 7) is 4.65. The highest BCUT2D eigenvalue weighted by Gasteiger charge is 2.14. The summed E-state index contributed by atoms with van der Waals surface area (Å²) in [5, 5.41) is 0. The van der Waals surface area contributed by atoms with E-state index < -0.39 is 8.60 Å². The molecule has 3 nitrogen and oxygen atoms in total. The van der Waals surface area contributed by atoms with Crippen LogP contribution in [0.5, 0.6) is 0 Å². The summed E-state index contributed by atoms with van der Waals surface area (Å²) in [6.07, 6.45) is 25.7. The first kappa shape index (κ1) is 24.1. The van der Waals surface area contributed by atoms with E-state index in [1.165, 1.54) is 83.5 Å². The van der Waals surface area contributed by atoms with E-state index in [1.807, 2.05) is 0 Å². The van der Waals surface area contributed by atoms with Gasteiger partial charge in [-0.3, -0.25) is 0 Å². The first-order valence-electron chi connectivity index (χ1n) is 11.3. The van der Waals surface area contributed by atoms with Crippen molar-refractivity contribution in [1.29, 1.82) is 0 Å². The minimum absolute atomic E-state index is 0.785. The molecule has 4 heteroatoms. The van der Waals surface area contributed by atoms with Gasteiger partial charge in [0.25, 0.3) is 0 Å². The largest absolute Gasteiger partial charge is 0.332 e. The molecule has 0 bridgehead atoms. The Morgan fingerprint density at radius 2 is 1.19 bits per heavy atom. The monoisotopic (exact) mass is 386 g/mol. The van der Waals surface area contributed by atoms with Crippen molar-refractivity contribution in [2.75, 3.05) is 19.8 Å². The SMILES string of the molecule is CCCCCCCCC=CCCCCCCCCOP1OCCCCO1. The van der Waals surface area contributed by atoms with Crippen LogP contribution in [0.15, 0.2) is 12.2 Å². The summed E-state index contributed by atoms with van der Waals surface area (Å²) >= 11 is 0. The quantitative estimate of drug-likeness (QED) is 0.144. The Balaban J connectivity index is 1.73. The van der Waals surface area contributed by atoms with Crippen molar-refractivity contribution in [2.45, 2.75) is 110 Å². The highest BCUT2D eigenvalue weighted by molar-refractivity contribution is 7.41. The van der Waals surface area contributed by atoms with Crippen LogP contribution in [0.1, 0.15) is 110 Å². The molecule has 0 aliphatic carbocycles. The molecule has 0 saturated carbocycles. The van der Waals surface area contributed by atoms with Gasteiger partial charge < -0.3 is 13.6 Å². The third kappa shape index (κ3) is 16.2. The molecule has 0 aromatic heterocycles. The second-order valence-corrected chi connectivity index (χ2v) is 8.59. The minimum Gasteiger partial charge on any atom is -0.312 e.